The van der Waals surface area contributed by atoms with Crippen LogP contribution < -0.4 is 9.47 Å². The van der Waals surface area contributed by atoms with Crippen molar-refractivity contribution in [2.24, 2.45) is 0 Å². The minimum atomic E-state index is -0.868. The summed E-state index contributed by atoms with van der Waals surface area (Å²) in [6.07, 6.45) is -0.868. The monoisotopic (exact) mass is 470 g/mol. The number of rotatable bonds is 2. The number of hydrogen-bond acceptors (Lipinski definition) is 5. The Morgan fingerprint density at radius 3 is 1.03 bits per heavy atom. The Balaban J connectivity index is 2.56. The molecule has 0 heterocycles. The highest BCUT2D eigenvalue weighted by Gasteiger charge is 2.30. The van der Waals surface area contributed by atoms with E-state index in [1.165, 1.54) is 0 Å². The van der Waals surface area contributed by atoms with Gasteiger partial charge in [-0.05, 0) is 45.9 Å². The van der Waals surface area contributed by atoms with Gasteiger partial charge in [-0.15, -0.1) is 0 Å². The molecule has 5 nitrogen and oxygen atoms in total. The Bertz CT molecular complexity index is 983. The number of hydrogen-bond donors (Lipinski definition) is 2. The average molecular weight is 471 g/mol. The summed E-state index contributed by atoms with van der Waals surface area (Å²) in [6.45, 7) is 23.9. The molecular formula is C29H42O5. The van der Waals surface area contributed by atoms with Crippen LogP contribution in [-0.4, -0.2) is 16.4 Å². The van der Waals surface area contributed by atoms with Gasteiger partial charge in [0.15, 0.2) is 0 Å². The summed E-state index contributed by atoms with van der Waals surface area (Å²) in [5.41, 5.74) is 1.31. The number of carbonyl (C=O) groups excluding carboxylic acids is 1. The minimum absolute atomic E-state index is 0.168. The maximum absolute atomic E-state index is 13.1. The third-order valence-corrected chi connectivity index (χ3v) is 5.81. The van der Waals surface area contributed by atoms with Crippen molar-refractivity contribution < 1.29 is 24.5 Å². The van der Waals surface area contributed by atoms with Gasteiger partial charge in [-0.3, -0.25) is 0 Å². The highest BCUT2D eigenvalue weighted by atomic mass is 16.7. The van der Waals surface area contributed by atoms with Crippen LogP contribution in [0, 0.1) is 0 Å². The smallest absolute Gasteiger partial charge is 0.508 e. The SMILES string of the molecule is CC(C)(C)c1cc(OC(=O)Oc2cc(C(C)(C)C)c(O)cc2C(C)(C)C)c(C(C)(C)C)cc1O. The highest BCUT2D eigenvalue weighted by molar-refractivity contribution is 5.70. The number of benzene rings is 2. The zero-order valence-corrected chi connectivity index (χ0v) is 22.9. The fourth-order valence-electron chi connectivity index (χ4n) is 3.88. The van der Waals surface area contributed by atoms with E-state index < -0.39 is 6.16 Å². The number of phenols is 2. The fraction of sp³-hybridized carbons (Fsp3) is 0.552. The van der Waals surface area contributed by atoms with Crippen LogP contribution in [0.4, 0.5) is 4.79 Å². The lowest BCUT2D eigenvalue weighted by Gasteiger charge is -2.28. The van der Waals surface area contributed by atoms with Crippen LogP contribution in [0.1, 0.15) is 105 Å². The molecule has 0 aliphatic carbocycles. The van der Waals surface area contributed by atoms with Gasteiger partial charge in [0.25, 0.3) is 0 Å². The van der Waals surface area contributed by atoms with Gasteiger partial charge in [-0.25, -0.2) is 4.79 Å². The third kappa shape index (κ3) is 6.25. The van der Waals surface area contributed by atoms with Gasteiger partial charge in [0.05, 0.1) is 0 Å². The summed E-state index contributed by atoms with van der Waals surface area (Å²) in [4.78, 5) is 13.1. The molecule has 0 spiro atoms. The molecule has 2 rings (SSSR count). The van der Waals surface area contributed by atoms with E-state index in [0.717, 1.165) is 0 Å². The standard InChI is InChI=1S/C29H42O5/c1-26(2,3)17-15-23(19(13-21(17)30)28(7,8)9)33-25(32)34-24-16-18(27(4,5)6)22(31)14-20(24)29(10,11)12/h13-16,30-31H,1-12H3. The summed E-state index contributed by atoms with van der Waals surface area (Å²) in [7, 11) is 0. The number of aromatic hydroxyl groups is 2. The van der Waals surface area contributed by atoms with Crippen molar-refractivity contribution in [3.63, 3.8) is 0 Å². The maximum Gasteiger partial charge on any atom is 0.519 e. The molecule has 0 saturated heterocycles. The second-order valence-electron chi connectivity index (χ2n) is 13.2. The van der Waals surface area contributed by atoms with Crippen LogP contribution in [0.2, 0.25) is 0 Å². The topological polar surface area (TPSA) is 76.0 Å². The summed E-state index contributed by atoms with van der Waals surface area (Å²) >= 11 is 0. The lowest BCUT2D eigenvalue weighted by atomic mass is 9.81. The van der Waals surface area contributed by atoms with Crippen LogP contribution in [0.15, 0.2) is 24.3 Å². The Labute approximate surface area is 205 Å². The zero-order chi connectivity index (χ0) is 26.4. The van der Waals surface area contributed by atoms with Gasteiger partial charge in [-0.2, -0.15) is 0 Å². The molecule has 2 N–H and O–H groups in total. The second kappa shape index (κ2) is 8.83. The maximum atomic E-state index is 13.1. The van der Waals surface area contributed by atoms with E-state index in [1.807, 2.05) is 83.1 Å². The first-order valence-electron chi connectivity index (χ1n) is 11.8. The van der Waals surface area contributed by atoms with Gasteiger partial charge < -0.3 is 19.7 Å². The Hall–Kier alpha value is -2.69. The third-order valence-electron chi connectivity index (χ3n) is 5.81. The van der Waals surface area contributed by atoms with Gasteiger partial charge in [0, 0.05) is 22.3 Å². The van der Waals surface area contributed by atoms with Crippen molar-refractivity contribution in [2.45, 2.75) is 105 Å². The molecule has 0 saturated carbocycles. The van der Waals surface area contributed by atoms with Gasteiger partial charge in [-0.1, -0.05) is 83.1 Å². The van der Waals surface area contributed by atoms with E-state index in [-0.39, 0.29) is 33.2 Å². The summed E-state index contributed by atoms with van der Waals surface area (Å²) < 4.78 is 11.5. The molecule has 188 valence electrons. The van der Waals surface area contributed by atoms with Gasteiger partial charge in [0.1, 0.15) is 23.0 Å². The Morgan fingerprint density at radius 2 is 0.794 bits per heavy atom. The molecule has 0 unspecified atom stereocenters. The molecule has 0 aliphatic heterocycles. The minimum Gasteiger partial charge on any atom is -0.508 e. The molecule has 0 amide bonds. The second-order valence-corrected chi connectivity index (χ2v) is 13.2. The predicted octanol–water partition coefficient (Wildman–Crippen LogP) is 7.87. The quantitative estimate of drug-likeness (QED) is 0.345. The lowest BCUT2D eigenvalue weighted by molar-refractivity contribution is 0.149. The molecule has 0 fully saturated rings. The first-order valence-corrected chi connectivity index (χ1v) is 11.8. The Morgan fingerprint density at radius 1 is 0.529 bits per heavy atom. The van der Waals surface area contributed by atoms with Crippen molar-refractivity contribution in [3.8, 4) is 23.0 Å². The van der Waals surface area contributed by atoms with Crippen LogP contribution in [0.25, 0.3) is 0 Å². The molecule has 2 aromatic rings. The summed E-state index contributed by atoms with van der Waals surface area (Å²) in [5.74, 6) is 1.04. The lowest BCUT2D eigenvalue weighted by Crippen LogP contribution is -2.23. The fourth-order valence-corrected chi connectivity index (χ4v) is 3.88. The largest absolute Gasteiger partial charge is 0.519 e. The molecule has 0 aliphatic rings. The molecule has 34 heavy (non-hydrogen) atoms. The van der Waals surface area contributed by atoms with Crippen LogP contribution in [0.3, 0.4) is 0 Å². The average Bonchev–Trinajstić information content (AvgIpc) is 2.60. The van der Waals surface area contributed by atoms with Crippen molar-refractivity contribution in [1.29, 1.82) is 0 Å². The van der Waals surface area contributed by atoms with E-state index in [9.17, 15) is 15.0 Å². The van der Waals surface area contributed by atoms with Crippen molar-refractivity contribution in [1.82, 2.24) is 0 Å². The summed E-state index contributed by atoms with van der Waals surface area (Å²) in [6, 6.07) is 6.78. The molecule has 5 heteroatoms. The predicted molar refractivity (Wildman–Crippen MR) is 138 cm³/mol. The molecule has 0 radical (unpaired) electrons. The van der Waals surface area contributed by atoms with Crippen LogP contribution in [-0.2, 0) is 21.7 Å². The normalized spacial score (nSPS) is 13.1. The molecule has 2 aromatic carbocycles. The van der Waals surface area contributed by atoms with E-state index in [2.05, 4.69) is 0 Å². The number of ether oxygens (including phenoxy) is 2. The van der Waals surface area contributed by atoms with Crippen LogP contribution >= 0.6 is 0 Å². The number of phenolic OH excluding ortho intramolecular Hbond substituents is 2. The van der Waals surface area contributed by atoms with E-state index in [4.69, 9.17) is 9.47 Å². The van der Waals surface area contributed by atoms with Crippen molar-refractivity contribution in [3.05, 3.63) is 46.5 Å². The first kappa shape index (κ1) is 27.6. The van der Waals surface area contributed by atoms with E-state index in [0.29, 0.717) is 33.8 Å². The zero-order valence-electron chi connectivity index (χ0n) is 22.9. The van der Waals surface area contributed by atoms with Gasteiger partial charge >= 0.3 is 6.16 Å². The first-order chi connectivity index (χ1) is 15.1. The van der Waals surface area contributed by atoms with Crippen molar-refractivity contribution >= 4 is 6.16 Å². The van der Waals surface area contributed by atoms with Gasteiger partial charge in [0.2, 0.25) is 0 Å². The van der Waals surface area contributed by atoms with Crippen molar-refractivity contribution in [2.75, 3.05) is 0 Å². The summed E-state index contributed by atoms with van der Waals surface area (Å²) in [5, 5.41) is 21.3. The molecule has 0 aromatic heterocycles. The van der Waals surface area contributed by atoms with Crippen LogP contribution in [0.5, 0.6) is 23.0 Å². The van der Waals surface area contributed by atoms with E-state index >= 15 is 0 Å². The molecule has 0 atom stereocenters. The Kier molecular flexibility index (Phi) is 7.15. The molecular weight excluding hydrogens is 428 g/mol. The highest BCUT2D eigenvalue weighted by Crippen LogP contribution is 2.43. The molecule has 0 bridgehead atoms. The number of carbonyl (C=O) groups is 1. The van der Waals surface area contributed by atoms with E-state index in [1.54, 1.807) is 24.3 Å².